The van der Waals surface area contributed by atoms with Crippen LogP contribution in [0.3, 0.4) is 0 Å². The highest BCUT2D eigenvalue weighted by Crippen LogP contribution is 2.31. The number of carboxylic acid groups (broad SMARTS) is 1. The molecule has 1 aromatic rings. The number of fused-ring (bicyclic) bond motifs is 3. The maximum Gasteiger partial charge on any atom is 0.308 e. The number of carbonyl (C=O) groups excluding carboxylic acids is 1. The van der Waals surface area contributed by atoms with Gasteiger partial charge in [0.15, 0.2) is 4.87 Å². The lowest BCUT2D eigenvalue weighted by molar-refractivity contribution is -0.543. The number of rotatable bonds is 1. The first kappa shape index (κ1) is 9.71. The molecule has 0 atom stereocenters. The van der Waals surface area contributed by atoms with Gasteiger partial charge in [0.05, 0.1) is 21.7 Å². The van der Waals surface area contributed by atoms with Crippen LogP contribution in [-0.4, -0.2) is 23.3 Å². The summed E-state index contributed by atoms with van der Waals surface area (Å²) in [7, 11) is 0. The number of nitroso groups, excluding NO2 is 1. The number of amidine groups is 1. The molecule has 0 saturated heterocycles. The number of hydrazone groups is 1. The Morgan fingerprint density at radius 1 is 1.41 bits per heavy atom. The van der Waals surface area contributed by atoms with Crippen LogP contribution in [0, 0.1) is 4.91 Å². The van der Waals surface area contributed by atoms with Gasteiger partial charge in [0.25, 0.3) is 0 Å². The second kappa shape index (κ2) is 3.24. The van der Waals surface area contributed by atoms with Gasteiger partial charge in [-0.25, -0.2) is 0 Å². The molecule has 3 rings (SSSR count). The molecule has 1 aromatic carbocycles. The van der Waals surface area contributed by atoms with Gasteiger partial charge in [0.1, 0.15) is 0 Å². The Bertz CT molecular complexity index is 604. The number of anilines is 1. The Morgan fingerprint density at radius 3 is 2.94 bits per heavy atom. The maximum atomic E-state index is 11.2. The Balaban J connectivity index is 2.25. The lowest BCUT2D eigenvalue weighted by Gasteiger charge is -2.23. The Hall–Kier alpha value is -2.50. The highest BCUT2D eigenvalue weighted by Gasteiger charge is 2.37. The molecule has 84 valence electrons. The zero-order chi connectivity index (χ0) is 12.0. The molecule has 0 aliphatic carbocycles. The second-order valence-corrected chi connectivity index (χ2v) is 3.75. The van der Waals surface area contributed by atoms with Gasteiger partial charge >= 0.3 is 6.67 Å². The molecule has 2 aliphatic rings. The number of hydrogen-bond donors (Lipinski definition) is 0. The van der Waals surface area contributed by atoms with E-state index >= 15 is 0 Å². The molecule has 0 amide bonds. The highest BCUT2D eigenvalue weighted by atomic mass is 16.4. The van der Waals surface area contributed by atoms with Crippen LogP contribution in [0.5, 0.6) is 0 Å². The summed E-state index contributed by atoms with van der Waals surface area (Å²) in [4.78, 5) is 24.3. The van der Waals surface area contributed by atoms with E-state index in [1.807, 2.05) is 12.1 Å². The smallest absolute Gasteiger partial charge is 0.308 e. The van der Waals surface area contributed by atoms with E-state index in [1.165, 1.54) is 6.08 Å². The van der Waals surface area contributed by atoms with E-state index in [4.69, 9.17) is 0 Å². The molecule has 0 radical (unpaired) electrons. The van der Waals surface area contributed by atoms with Gasteiger partial charge in [-0.2, -0.15) is 0 Å². The third kappa shape index (κ3) is 1.34. The van der Waals surface area contributed by atoms with E-state index < -0.39 is 5.97 Å². The Labute approximate surface area is 96.0 Å². The van der Waals surface area contributed by atoms with Crippen LogP contribution >= 0.6 is 0 Å². The molecule has 0 fully saturated rings. The topological polar surface area (TPSA) is 75.8 Å². The van der Waals surface area contributed by atoms with Crippen LogP contribution in [0.4, 0.5) is 5.69 Å². The number of aliphatic carboxylic acids is 1. The summed E-state index contributed by atoms with van der Waals surface area (Å²) >= 11 is 0. The molecular weight excluding hydrogens is 222 g/mol. The van der Waals surface area contributed by atoms with Gasteiger partial charge in [-0.15, -0.1) is 0 Å². The van der Waals surface area contributed by atoms with E-state index in [0.717, 1.165) is 11.3 Å². The maximum absolute atomic E-state index is 11.2. The third-order valence-corrected chi connectivity index (χ3v) is 2.71. The fraction of sp³-hybridized carbons (Fsp3) is 0.0909. The summed E-state index contributed by atoms with van der Waals surface area (Å²) in [6.07, 6.45) is 1.47. The van der Waals surface area contributed by atoms with Crippen molar-refractivity contribution < 1.29 is 14.8 Å². The predicted octanol–water partition coefficient (Wildman–Crippen LogP) is -0.297. The second-order valence-electron chi connectivity index (χ2n) is 3.75. The number of carboxylic acids is 1. The quantitative estimate of drug-likeness (QED) is 0.620. The van der Waals surface area contributed by atoms with Gasteiger partial charge in [-0.1, -0.05) is 18.2 Å². The average Bonchev–Trinajstić information content (AvgIpc) is 2.69. The minimum atomic E-state index is -1.33. The molecule has 0 spiro atoms. The van der Waals surface area contributed by atoms with Crippen LogP contribution in [0.2, 0.25) is 0 Å². The third-order valence-electron chi connectivity index (χ3n) is 2.71. The first-order valence-corrected chi connectivity index (χ1v) is 5.00. The van der Waals surface area contributed by atoms with Crippen LogP contribution in [0.1, 0.15) is 5.56 Å². The molecule has 2 aliphatic heterocycles. The molecular formula is C11H7N3O3. The zero-order valence-corrected chi connectivity index (χ0v) is 8.66. The number of benzene rings is 1. The molecule has 0 saturated carbocycles. The van der Waals surface area contributed by atoms with Crippen LogP contribution < -0.4 is 10.0 Å². The fourth-order valence-electron chi connectivity index (χ4n) is 1.99. The predicted molar refractivity (Wildman–Crippen MR) is 57.8 cm³/mol. The summed E-state index contributed by atoms with van der Waals surface area (Å²) in [6.45, 7) is -0.00301. The van der Waals surface area contributed by atoms with Gasteiger partial charge in [-0.3, -0.25) is 4.90 Å². The van der Waals surface area contributed by atoms with Crippen molar-refractivity contribution in [3.8, 4) is 0 Å². The number of carbonyl (C=O) groups is 1. The first-order valence-electron chi connectivity index (χ1n) is 5.00. The number of nitrogens with zero attached hydrogens (tertiary/aromatic N) is 3. The van der Waals surface area contributed by atoms with E-state index in [1.54, 1.807) is 17.0 Å². The average molecular weight is 229 g/mol. The molecule has 0 N–H and O–H groups in total. The van der Waals surface area contributed by atoms with Crippen molar-refractivity contribution in [2.24, 2.45) is 5.10 Å². The normalized spacial score (nSPS) is 17.2. The van der Waals surface area contributed by atoms with Crippen molar-refractivity contribution in [2.75, 3.05) is 11.6 Å². The first-order chi connectivity index (χ1) is 8.16. The van der Waals surface area contributed by atoms with E-state index in [2.05, 4.69) is 5.10 Å². The fourth-order valence-corrected chi connectivity index (χ4v) is 1.99. The van der Waals surface area contributed by atoms with Crippen LogP contribution in [0.15, 0.2) is 34.9 Å². The lowest BCUT2D eigenvalue weighted by Crippen LogP contribution is -2.39. The molecule has 0 bridgehead atoms. The number of para-hydroxylation sites is 1. The Kier molecular flexibility index (Phi) is 1.85. The van der Waals surface area contributed by atoms with E-state index in [0.29, 0.717) is 4.87 Å². The largest absolute Gasteiger partial charge is 0.545 e. The molecule has 6 nitrogen and oxygen atoms in total. The summed E-state index contributed by atoms with van der Waals surface area (Å²) in [5.74, 6) is -1.20. The van der Waals surface area contributed by atoms with Crippen molar-refractivity contribution in [1.82, 2.24) is 0 Å². The zero-order valence-electron chi connectivity index (χ0n) is 8.66. The summed E-state index contributed by atoms with van der Waals surface area (Å²) in [6, 6.07) is 7.21. The monoisotopic (exact) mass is 229 g/mol. The van der Waals surface area contributed by atoms with Crippen LogP contribution in [0.25, 0.3) is 6.08 Å². The summed E-state index contributed by atoms with van der Waals surface area (Å²) in [5, 5.41) is 14.6. The molecule has 17 heavy (non-hydrogen) atoms. The standard InChI is InChI=1S/C11H7N3O3/c15-11(16)8-5-7-3-1-2-4-9(7)13-6-14(17)12-10(8)13/h1-5H,6H2. The minimum absolute atomic E-state index is 0.00301. The Morgan fingerprint density at radius 2 is 2.18 bits per heavy atom. The highest BCUT2D eigenvalue weighted by molar-refractivity contribution is 6.28. The summed E-state index contributed by atoms with van der Waals surface area (Å²) < 4.78 is 0. The van der Waals surface area contributed by atoms with Gasteiger partial charge in [0, 0.05) is 5.57 Å². The van der Waals surface area contributed by atoms with Crippen molar-refractivity contribution >= 4 is 23.6 Å². The molecule has 2 heterocycles. The molecule has 6 heteroatoms. The van der Waals surface area contributed by atoms with Crippen LogP contribution in [-0.2, 0) is 4.79 Å². The van der Waals surface area contributed by atoms with Gasteiger partial charge < -0.3 is 9.90 Å². The van der Waals surface area contributed by atoms with Gasteiger partial charge in [0.2, 0.25) is 5.84 Å². The van der Waals surface area contributed by atoms with Gasteiger partial charge in [-0.05, 0) is 17.7 Å². The van der Waals surface area contributed by atoms with E-state index in [-0.39, 0.29) is 18.1 Å². The molecule has 0 aromatic heterocycles. The van der Waals surface area contributed by atoms with Crippen molar-refractivity contribution in [3.05, 3.63) is 40.3 Å². The number of hydrogen-bond acceptors (Lipinski definition) is 4. The minimum Gasteiger partial charge on any atom is -0.545 e. The molecule has 0 unspecified atom stereocenters. The van der Waals surface area contributed by atoms with Crippen molar-refractivity contribution in [3.63, 3.8) is 0 Å². The van der Waals surface area contributed by atoms with E-state index in [9.17, 15) is 14.8 Å². The van der Waals surface area contributed by atoms with Crippen molar-refractivity contribution in [2.45, 2.75) is 0 Å². The SMILES string of the molecule is O=C([O-])C1=Cc2ccccc2N2C[N+](=O)N=C12. The van der Waals surface area contributed by atoms with Crippen molar-refractivity contribution in [1.29, 1.82) is 0 Å². The lowest BCUT2D eigenvalue weighted by atomic mass is 10.0. The summed E-state index contributed by atoms with van der Waals surface area (Å²) in [5.41, 5.74) is 1.44.